The van der Waals surface area contributed by atoms with E-state index in [-0.39, 0.29) is 4.90 Å². The highest BCUT2D eigenvalue weighted by Gasteiger charge is 2.28. The molecule has 166 valence electrons. The number of anilines is 1. The molecule has 0 aliphatic heterocycles. The van der Waals surface area contributed by atoms with E-state index < -0.39 is 22.5 Å². The van der Waals surface area contributed by atoms with Gasteiger partial charge in [-0.05, 0) is 62.6 Å². The van der Waals surface area contributed by atoms with Crippen LogP contribution in [-0.2, 0) is 14.8 Å². The number of hydrogen-bond acceptors (Lipinski definition) is 4. The van der Waals surface area contributed by atoms with Gasteiger partial charge in [0.05, 0.1) is 16.3 Å². The predicted molar refractivity (Wildman–Crippen MR) is 128 cm³/mol. The molecule has 0 saturated heterocycles. The van der Waals surface area contributed by atoms with E-state index in [1.54, 1.807) is 43.3 Å². The van der Waals surface area contributed by atoms with Crippen LogP contribution in [0.5, 0.6) is 0 Å². The van der Waals surface area contributed by atoms with Gasteiger partial charge in [-0.1, -0.05) is 60.2 Å². The Hall–Kier alpha value is -3.45. The largest absolute Gasteiger partial charge is 0.271 e. The van der Waals surface area contributed by atoms with Crippen LogP contribution < -0.4 is 9.73 Å². The van der Waals surface area contributed by atoms with Crippen LogP contribution in [0.3, 0.4) is 0 Å². The Labute approximate surface area is 189 Å². The van der Waals surface area contributed by atoms with Crippen LogP contribution in [0.2, 0.25) is 0 Å². The summed E-state index contributed by atoms with van der Waals surface area (Å²) in [5, 5.41) is 4.14. The van der Waals surface area contributed by atoms with Crippen molar-refractivity contribution in [3.8, 4) is 0 Å². The Morgan fingerprint density at radius 3 is 2.22 bits per heavy atom. The zero-order chi connectivity index (χ0) is 23.3. The van der Waals surface area contributed by atoms with Gasteiger partial charge in [0.25, 0.3) is 15.9 Å². The van der Waals surface area contributed by atoms with Crippen molar-refractivity contribution in [1.29, 1.82) is 0 Å². The highest BCUT2D eigenvalue weighted by atomic mass is 32.2. The molecular formula is C25H27N3O3S. The second-order valence-corrected chi connectivity index (χ2v) is 9.50. The van der Waals surface area contributed by atoms with Gasteiger partial charge in [0, 0.05) is 0 Å². The lowest BCUT2D eigenvalue weighted by Gasteiger charge is -2.26. The second-order valence-electron chi connectivity index (χ2n) is 7.64. The summed E-state index contributed by atoms with van der Waals surface area (Å²) in [6.45, 7) is 7.02. The zero-order valence-electron chi connectivity index (χ0n) is 18.7. The van der Waals surface area contributed by atoms with Crippen LogP contribution in [0.1, 0.15) is 29.2 Å². The molecule has 0 aliphatic carbocycles. The molecule has 7 heteroatoms. The zero-order valence-corrected chi connectivity index (χ0v) is 19.5. The Balaban J connectivity index is 1.93. The molecule has 0 aliphatic rings. The summed E-state index contributed by atoms with van der Waals surface area (Å²) in [7, 11) is -3.97. The van der Waals surface area contributed by atoms with Crippen LogP contribution in [-0.4, -0.2) is 26.6 Å². The number of carbonyl (C=O) groups is 1. The molecule has 0 radical (unpaired) electrons. The molecule has 0 atom stereocenters. The lowest BCUT2D eigenvalue weighted by Crippen LogP contribution is -2.40. The monoisotopic (exact) mass is 449 g/mol. The molecule has 6 nitrogen and oxygen atoms in total. The summed E-state index contributed by atoms with van der Waals surface area (Å²) in [6, 6.07) is 21.4. The maximum Gasteiger partial charge on any atom is 0.264 e. The molecule has 3 rings (SSSR count). The fourth-order valence-corrected chi connectivity index (χ4v) is 4.68. The first-order valence-corrected chi connectivity index (χ1v) is 11.7. The maximum absolute atomic E-state index is 13.5. The highest BCUT2D eigenvalue weighted by Crippen LogP contribution is 2.28. The molecule has 0 unspecified atom stereocenters. The van der Waals surface area contributed by atoms with E-state index in [1.165, 1.54) is 0 Å². The van der Waals surface area contributed by atoms with Crippen LogP contribution in [0.25, 0.3) is 0 Å². The molecule has 3 aromatic carbocycles. The Kier molecular flexibility index (Phi) is 7.10. The summed E-state index contributed by atoms with van der Waals surface area (Å²) >= 11 is 0. The maximum atomic E-state index is 13.5. The minimum absolute atomic E-state index is 0.126. The van der Waals surface area contributed by atoms with Crippen molar-refractivity contribution in [3.05, 3.63) is 95.1 Å². The topological polar surface area (TPSA) is 78.8 Å². The third-order valence-corrected chi connectivity index (χ3v) is 7.05. The number of carbonyl (C=O) groups excluding carboxylic acids is 1. The van der Waals surface area contributed by atoms with Crippen LogP contribution in [0.4, 0.5) is 5.69 Å². The minimum atomic E-state index is -3.97. The van der Waals surface area contributed by atoms with E-state index in [4.69, 9.17) is 0 Å². The summed E-state index contributed by atoms with van der Waals surface area (Å²) in [6.07, 6.45) is 0. The van der Waals surface area contributed by atoms with Crippen molar-refractivity contribution in [2.45, 2.75) is 32.6 Å². The molecule has 32 heavy (non-hydrogen) atoms. The number of amides is 1. The molecule has 0 spiro atoms. The Morgan fingerprint density at radius 2 is 1.56 bits per heavy atom. The number of nitrogens with zero attached hydrogens (tertiary/aromatic N) is 2. The van der Waals surface area contributed by atoms with Gasteiger partial charge in [0.2, 0.25) is 0 Å². The van der Waals surface area contributed by atoms with Gasteiger partial charge in [-0.25, -0.2) is 13.8 Å². The SMILES string of the molecule is C/C(=N/NC(=O)CN(c1cccc(C)c1C)S(=O)(=O)c1ccc(C)cc1)c1ccccc1. The normalized spacial score (nSPS) is 11.8. The van der Waals surface area contributed by atoms with Gasteiger partial charge in [0.15, 0.2) is 0 Å². The van der Waals surface area contributed by atoms with Crippen LogP contribution in [0.15, 0.2) is 82.8 Å². The van der Waals surface area contributed by atoms with E-state index in [0.29, 0.717) is 11.4 Å². The molecule has 0 aromatic heterocycles. The standard InChI is InChI=1S/C25H27N3O3S/c1-18-13-15-23(16-14-18)32(30,31)28(24-12-8-9-19(2)20(24)3)17-25(29)27-26-21(4)22-10-6-5-7-11-22/h5-16H,17H2,1-4H3,(H,27,29)/b26-21-. The number of aryl methyl sites for hydroxylation is 2. The van der Waals surface area contributed by atoms with Gasteiger partial charge < -0.3 is 0 Å². The molecule has 3 aromatic rings. The van der Waals surface area contributed by atoms with E-state index in [9.17, 15) is 13.2 Å². The second kappa shape index (κ2) is 9.78. The molecule has 0 saturated carbocycles. The third kappa shape index (κ3) is 5.23. The molecule has 0 fully saturated rings. The molecule has 1 amide bonds. The number of hydrogen-bond donors (Lipinski definition) is 1. The number of hydrazone groups is 1. The van der Waals surface area contributed by atoms with Crippen LogP contribution in [0, 0.1) is 20.8 Å². The first kappa shape index (κ1) is 23.2. The number of nitrogens with one attached hydrogen (secondary N) is 1. The molecular weight excluding hydrogens is 422 g/mol. The van der Waals surface area contributed by atoms with E-state index in [2.05, 4.69) is 10.5 Å². The van der Waals surface area contributed by atoms with Gasteiger partial charge in [0.1, 0.15) is 6.54 Å². The third-order valence-electron chi connectivity index (χ3n) is 5.28. The minimum Gasteiger partial charge on any atom is -0.271 e. The van der Waals surface area contributed by atoms with Crippen molar-refractivity contribution >= 4 is 27.3 Å². The van der Waals surface area contributed by atoms with Gasteiger partial charge in [-0.15, -0.1) is 0 Å². The van der Waals surface area contributed by atoms with E-state index >= 15 is 0 Å². The van der Waals surface area contributed by atoms with Crippen molar-refractivity contribution in [3.63, 3.8) is 0 Å². The first-order chi connectivity index (χ1) is 15.2. The molecule has 0 bridgehead atoms. The average molecular weight is 450 g/mol. The summed E-state index contributed by atoms with van der Waals surface area (Å²) in [5.41, 5.74) is 7.12. The molecule has 0 heterocycles. The smallest absolute Gasteiger partial charge is 0.264 e. The predicted octanol–water partition coefficient (Wildman–Crippen LogP) is 4.35. The van der Waals surface area contributed by atoms with Gasteiger partial charge in [-0.3, -0.25) is 9.10 Å². The number of sulfonamides is 1. The van der Waals surface area contributed by atoms with Crippen molar-refractivity contribution in [2.24, 2.45) is 5.10 Å². The lowest BCUT2D eigenvalue weighted by molar-refractivity contribution is -0.119. The van der Waals surface area contributed by atoms with Crippen molar-refractivity contribution in [2.75, 3.05) is 10.8 Å². The highest BCUT2D eigenvalue weighted by molar-refractivity contribution is 7.92. The fraction of sp³-hybridized carbons (Fsp3) is 0.200. The van der Waals surface area contributed by atoms with Gasteiger partial charge >= 0.3 is 0 Å². The quantitative estimate of drug-likeness (QED) is 0.430. The first-order valence-electron chi connectivity index (χ1n) is 10.2. The summed E-state index contributed by atoms with van der Waals surface area (Å²) < 4.78 is 28.2. The fourth-order valence-electron chi connectivity index (χ4n) is 3.20. The summed E-state index contributed by atoms with van der Waals surface area (Å²) in [4.78, 5) is 12.9. The Bertz CT molecular complexity index is 1240. The lowest BCUT2D eigenvalue weighted by atomic mass is 10.1. The van der Waals surface area contributed by atoms with Crippen molar-refractivity contribution in [1.82, 2.24) is 5.43 Å². The number of benzene rings is 3. The summed E-state index contributed by atoms with van der Waals surface area (Å²) in [5.74, 6) is -0.531. The van der Waals surface area contributed by atoms with Crippen LogP contribution >= 0.6 is 0 Å². The average Bonchev–Trinajstić information content (AvgIpc) is 2.78. The van der Waals surface area contributed by atoms with E-state index in [1.807, 2.05) is 57.2 Å². The van der Waals surface area contributed by atoms with E-state index in [0.717, 1.165) is 26.6 Å². The number of rotatable bonds is 7. The van der Waals surface area contributed by atoms with Crippen molar-refractivity contribution < 1.29 is 13.2 Å². The van der Waals surface area contributed by atoms with Gasteiger partial charge in [-0.2, -0.15) is 5.10 Å². The molecule has 1 N–H and O–H groups in total. The Morgan fingerprint density at radius 1 is 0.906 bits per heavy atom.